The number of unbranched alkanes of at least 4 members (excludes halogenated alkanes) is 8. The van der Waals surface area contributed by atoms with Crippen molar-refractivity contribution in [1.29, 1.82) is 0 Å². The van der Waals surface area contributed by atoms with Crippen LogP contribution in [0, 0.1) is 0 Å². The maximum absolute atomic E-state index is 11.8. The van der Waals surface area contributed by atoms with Crippen molar-refractivity contribution < 1.29 is 42.7 Å². The van der Waals surface area contributed by atoms with E-state index in [1.165, 1.54) is 44.9 Å². The zero-order valence-electron chi connectivity index (χ0n) is 32.8. The Kier molecular flexibility index (Phi) is 26.1. The van der Waals surface area contributed by atoms with Gasteiger partial charge in [0.05, 0.1) is 85.9 Å². The molecule has 0 N–H and O–H groups in total. The van der Waals surface area contributed by atoms with E-state index < -0.39 is 5.60 Å². The highest BCUT2D eigenvalue weighted by molar-refractivity contribution is 5.69. The third-order valence-corrected chi connectivity index (χ3v) is 8.92. The second-order valence-electron chi connectivity index (χ2n) is 13.1. The highest BCUT2D eigenvalue weighted by Gasteiger charge is 2.37. The van der Waals surface area contributed by atoms with E-state index in [1.54, 1.807) is 0 Å². The first kappa shape index (κ1) is 45.2. The van der Waals surface area contributed by atoms with Gasteiger partial charge in [-0.25, -0.2) is 0 Å². The van der Waals surface area contributed by atoms with E-state index in [9.17, 15) is 4.79 Å². The zero-order valence-corrected chi connectivity index (χ0v) is 32.8. The molecule has 0 unspecified atom stereocenters. The summed E-state index contributed by atoms with van der Waals surface area (Å²) in [5.74, 6) is -0.136. The van der Waals surface area contributed by atoms with Crippen molar-refractivity contribution in [3.05, 3.63) is 108 Å². The number of carbonyl (C=O) groups excluding carboxylic acids is 1. The molecular weight excluding hydrogens is 684 g/mol. The lowest BCUT2D eigenvalue weighted by atomic mass is 9.80. The Labute approximate surface area is 324 Å². The summed E-state index contributed by atoms with van der Waals surface area (Å²) in [5, 5.41) is 0. The molecule has 9 nitrogen and oxygen atoms in total. The summed E-state index contributed by atoms with van der Waals surface area (Å²) in [4.78, 5) is 11.8. The monoisotopic (exact) mass is 750 g/mol. The van der Waals surface area contributed by atoms with Crippen LogP contribution in [0.5, 0.6) is 0 Å². The van der Waals surface area contributed by atoms with Crippen LogP contribution in [-0.2, 0) is 48.3 Å². The quantitative estimate of drug-likeness (QED) is 0.0333. The Hall–Kier alpha value is -3.15. The minimum absolute atomic E-state index is 0.136. The summed E-state index contributed by atoms with van der Waals surface area (Å²) in [6.45, 7) is 8.56. The number of esters is 1. The molecule has 0 fully saturated rings. The molecule has 0 spiro atoms. The van der Waals surface area contributed by atoms with Gasteiger partial charge in [-0.1, -0.05) is 149 Å². The minimum atomic E-state index is -0.752. The van der Waals surface area contributed by atoms with Gasteiger partial charge in [0.1, 0.15) is 12.2 Å². The summed E-state index contributed by atoms with van der Waals surface area (Å²) >= 11 is 0. The average molecular weight is 751 g/mol. The van der Waals surface area contributed by atoms with Crippen LogP contribution in [0.4, 0.5) is 0 Å². The average Bonchev–Trinajstić information content (AvgIpc) is 3.21. The predicted molar refractivity (Wildman–Crippen MR) is 213 cm³/mol. The number of hydrogen-bond donors (Lipinski definition) is 0. The van der Waals surface area contributed by atoms with E-state index in [4.69, 9.17) is 37.9 Å². The van der Waals surface area contributed by atoms with Crippen LogP contribution in [0.3, 0.4) is 0 Å². The van der Waals surface area contributed by atoms with Gasteiger partial charge in [-0.2, -0.15) is 0 Å². The molecule has 3 rings (SSSR count). The van der Waals surface area contributed by atoms with Gasteiger partial charge >= 0.3 is 5.97 Å². The number of carbonyl (C=O) groups is 1. The Morgan fingerprint density at radius 1 is 0.407 bits per heavy atom. The van der Waals surface area contributed by atoms with Gasteiger partial charge in [0.15, 0.2) is 0 Å². The van der Waals surface area contributed by atoms with Gasteiger partial charge in [-0.3, -0.25) is 4.79 Å². The fourth-order valence-corrected chi connectivity index (χ4v) is 6.09. The summed E-state index contributed by atoms with van der Waals surface area (Å²) in [5.41, 5.74) is 2.45. The normalized spacial score (nSPS) is 11.6. The van der Waals surface area contributed by atoms with Crippen LogP contribution in [0.2, 0.25) is 0 Å². The third-order valence-electron chi connectivity index (χ3n) is 8.92. The lowest BCUT2D eigenvalue weighted by molar-refractivity contribution is -0.145. The molecule has 54 heavy (non-hydrogen) atoms. The van der Waals surface area contributed by atoms with Gasteiger partial charge in [-0.15, -0.1) is 0 Å². The zero-order chi connectivity index (χ0) is 38.0. The lowest BCUT2D eigenvalue weighted by Crippen LogP contribution is -2.34. The van der Waals surface area contributed by atoms with Crippen molar-refractivity contribution in [2.24, 2.45) is 0 Å². The Bertz CT molecular complexity index is 1180. The predicted octanol–water partition coefficient (Wildman–Crippen LogP) is 8.56. The van der Waals surface area contributed by atoms with Crippen molar-refractivity contribution >= 4 is 5.97 Å². The number of ether oxygens (including phenoxy) is 8. The smallest absolute Gasteiger partial charge is 0.305 e. The molecule has 9 heteroatoms. The second-order valence-corrected chi connectivity index (χ2v) is 13.1. The van der Waals surface area contributed by atoms with Crippen molar-refractivity contribution in [2.45, 2.75) is 76.7 Å². The van der Waals surface area contributed by atoms with Crippen molar-refractivity contribution in [1.82, 2.24) is 0 Å². The van der Waals surface area contributed by atoms with Crippen molar-refractivity contribution in [3.8, 4) is 0 Å². The van der Waals surface area contributed by atoms with Crippen molar-refractivity contribution in [3.63, 3.8) is 0 Å². The van der Waals surface area contributed by atoms with E-state index in [2.05, 4.69) is 43.3 Å². The SMILES string of the molecule is CCCCCCCCCCCC(=O)OCCOCCOCCOCCOCCOCCOCCOC(c1ccccc1)(c1ccccc1)c1ccccc1. The first-order chi connectivity index (χ1) is 26.8. The highest BCUT2D eigenvalue weighted by Crippen LogP contribution is 2.40. The van der Waals surface area contributed by atoms with E-state index in [0.717, 1.165) is 29.5 Å². The molecule has 0 aliphatic carbocycles. The maximum atomic E-state index is 11.8. The summed E-state index contributed by atoms with van der Waals surface area (Å²) < 4.78 is 45.6. The largest absolute Gasteiger partial charge is 0.463 e. The molecule has 0 amide bonds. The maximum Gasteiger partial charge on any atom is 0.305 e. The Morgan fingerprint density at radius 3 is 1.09 bits per heavy atom. The van der Waals surface area contributed by atoms with Gasteiger partial charge in [0.25, 0.3) is 0 Å². The number of hydrogen-bond acceptors (Lipinski definition) is 9. The van der Waals surface area contributed by atoms with Crippen molar-refractivity contribution in [2.75, 3.05) is 92.5 Å². The first-order valence-corrected chi connectivity index (χ1v) is 20.2. The van der Waals surface area contributed by atoms with Gasteiger partial charge in [0.2, 0.25) is 0 Å². The minimum Gasteiger partial charge on any atom is -0.463 e. The number of rotatable bonds is 35. The van der Waals surface area contributed by atoms with E-state index in [1.807, 2.05) is 54.6 Å². The molecule has 0 heterocycles. The summed E-state index contributed by atoms with van der Waals surface area (Å²) in [7, 11) is 0. The summed E-state index contributed by atoms with van der Waals surface area (Å²) in [6.07, 6.45) is 11.6. The fraction of sp³-hybridized carbons (Fsp3) is 0.578. The molecular formula is C45H66O9. The molecule has 0 radical (unpaired) electrons. The highest BCUT2D eigenvalue weighted by atomic mass is 16.6. The summed E-state index contributed by atoms with van der Waals surface area (Å²) in [6, 6.07) is 31.0. The molecule has 3 aromatic rings. The fourth-order valence-electron chi connectivity index (χ4n) is 6.09. The van der Waals surface area contributed by atoms with E-state index >= 15 is 0 Å². The van der Waals surface area contributed by atoms with E-state index in [0.29, 0.717) is 92.3 Å². The second kappa shape index (κ2) is 31.1. The molecule has 3 aromatic carbocycles. The lowest BCUT2D eigenvalue weighted by Gasteiger charge is -2.36. The van der Waals surface area contributed by atoms with Crippen LogP contribution in [0.25, 0.3) is 0 Å². The van der Waals surface area contributed by atoms with Gasteiger partial charge < -0.3 is 37.9 Å². The van der Waals surface area contributed by atoms with Crippen LogP contribution >= 0.6 is 0 Å². The van der Waals surface area contributed by atoms with E-state index in [-0.39, 0.29) is 12.6 Å². The van der Waals surface area contributed by atoms with Crippen LogP contribution in [0.15, 0.2) is 91.0 Å². The topological polar surface area (TPSA) is 90.9 Å². The molecule has 0 atom stereocenters. The molecule has 0 bridgehead atoms. The first-order valence-electron chi connectivity index (χ1n) is 20.2. The van der Waals surface area contributed by atoms with Gasteiger partial charge in [0, 0.05) is 6.42 Å². The third kappa shape index (κ3) is 19.4. The van der Waals surface area contributed by atoms with Gasteiger partial charge in [-0.05, 0) is 23.1 Å². The Morgan fingerprint density at radius 2 is 0.722 bits per heavy atom. The molecule has 300 valence electrons. The molecule has 0 aliphatic rings. The number of benzene rings is 3. The van der Waals surface area contributed by atoms with Crippen LogP contribution < -0.4 is 0 Å². The van der Waals surface area contributed by atoms with Crippen LogP contribution in [-0.4, -0.2) is 98.5 Å². The Balaban J connectivity index is 1.09. The van der Waals surface area contributed by atoms with Crippen LogP contribution in [0.1, 0.15) is 87.8 Å². The molecule has 0 saturated heterocycles. The standard InChI is InChI=1S/C45H66O9/c1-2-3-4-5-6-7-8-9-19-26-44(46)53-39-37-51-35-33-49-31-29-47-27-28-48-30-32-50-34-36-52-38-40-54-45(41-20-13-10-14-21-41,42-22-15-11-16-23-42)43-24-17-12-18-25-43/h10-18,20-25H,2-9,19,26-40H2,1H3. The molecule has 0 aromatic heterocycles. The molecule has 0 saturated carbocycles. The molecule has 0 aliphatic heterocycles.